The fourth-order valence-corrected chi connectivity index (χ4v) is 3.70. The van der Waals surface area contributed by atoms with Gasteiger partial charge in [-0.25, -0.2) is 0 Å². The summed E-state index contributed by atoms with van der Waals surface area (Å²) in [5.74, 6) is 2.06. The molecule has 1 aliphatic rings. The fraction of sp³-hybridized carbons (Fsp3) is 0.360. The van der Waals surface area contributed by atoms with Crippen molar-refractivity contribution < 1.29 is 9.53 Å². The third-order valence-corrected chi connectivity index (χ3v) is 5.56. The monoisotopic (exact) mass is 375 g/mol. The van der Waals surface area contributed by atoms with Crippen molar-refractivity contribution in [3.63, 3.8) is 0 Å². The van der Waals surface area contributed by atoms with E-state index < -0.39 is 0 Å². The first kappa shape index (κ1) is 20.1. The highest BCUT2D eigenvalue weighted by atomic mass is 16.5. The normalized spacial score (nSPS) is 21.6. The lowest BCUT2D eigenvalue weighted by molar-refractivity contribution is -0.122. The van der Waals surface area contributed by atoms with Crippen LogP contribution in [0.15, 0.2) is 59.1 Å². The van der Waals surface area contributed by atoms with Gasteiger partial charge in [0.05, 0.1) is 12.8 Å². The molecule has 2 aromatic rings. The summed E-state index contributed by atoms with van der Waals surface area (Å²) in [5.41, 5.74) is 3.94. The number of aliphatic imine (C=N–C) groups is 1. The van der Waals surface area contributed by atoms with Crippen molar-refractivity contribution in [2.24, 2.45) is 22.7 Å². The zero-order valence-corrected chi connectivity index (χ0v) is 17.2. The maximum atomic E-state index is 12.9. The van der Waals surface area contributed by atoms with E-state index in [0.29, 0.717) is 17.6 Å². The summed E-state index contributed by atoms with van der Waals surface area (Å²) in [5, 5.41) is 0. The molecule has 2 unspecified atom stereocenters. The number of carbonyl (C=O) groups is 1. The largest absolute Gasteiger partial charge is 0.497 e. The lowest BCUT2D eigenvalue weighted by atomic mass is 9.73. The van der Waals surface area contributed by atoms with E-state index in [1.54, 1.807) is 7.11 Å². The van der Waals surface area contributed by atoms with Crippen LogP contribution in [0.25, 0.3) is 6.08 Å². The number of hydrogen-bond acceptors (Lipinski definition) is 3. The topological polar surface area (TPSA) is 38.7 Å². The van der Waals surface area contributed by atoms with Crippen LogP contribution in [-0.2, 0) is 4.79 Å². The van der Waals surface area contributed by atoms with Crippen molar-refractivity contribution >= 4 is 23.8 Å². The molecule has 0 saturated heterocycles. The van der Waals surface area contributed by atoms with E-state index >= 15 is 0 Å². The van der Waals surface area contributed by atoms with E-state index in [1.807, 2.05) is 54.7 Å². The molecule has 1 fully saturated rings. The molecule has 0 bridgehead atoms. The Kier molecular flexibility index (Phi) is 6.45. The van der Waals surface area contributed by atoms with Gasteiger partial charge in [0.25, 0.3) is 0 Å². The molecule has 3 nitrogen and oxygen atoms in total. The Bertz CT molecular complexity index is 860. The summed E-state index contributed by atoms with van der Waals surface area (Å²) in [6, 6.07) is 15.8. The number of allylic oxidation sites excluding steroid dienone is 1. The average molecular weight is 376 g/mol. The number of rotatable bonds is 5. The van der Waals surface area contributed by atoms with E-state index in [-0.39, 0.29) is 5.92 Å². The molecule has 1 aliphatic carbocycles. The smallest absolute Gasteiger partial charge is 0.162 e. The molecule has 0 radical (unpaired) electrons. The van der Waals surface area contributed by atoms with E-state index in [1.165, 1.54) is 0 Å². The van der Waals surface area contributed by atoms with Gasteiger partial charge in [-0.1, -0.05) is 32.9 Å². The van der Waals surface area contributed by atoms with E-state index in [9.17, 15) is 4.79 Å². The predicted molar refractivity (Wildman–Crippen MR) is 116 cm³/mol. The van der Waals surface area contributed by atoms with Crippen LogP contribution in [0.4, 0.5) is 5.69 Å². The number of nitrogens with zero attached hydrogens (tertiary/aromatic N) is 1. The average Bonchev–Trinajstić information content (AvgIpc) is 2.70. The number of ether oxygens (including phenoxy) is 1. The first-order valence-electron chi connectivity index (χ1n) is 10.0. The van der Waals surface area contributed by atoms with Gasteiger partial charge in [-0.3, -0.25) is 9.79 Å². The Morgan fingerprint density at radius 2 is 1.64 bits per heavy atom. The summed E-state index contributed by atoms with van der Waals surface area (Å²) in [4.78, 5) is 17.4. The predicted octanol–water partition coefficient (Wildman–Crippen LogP) is 6.10. The fourth-order valence-electron chi connectivity index (χ4n) is 3.70. The molecule has 2 aromatic carbocycles. The van der Waals surface area contributed by atoms with Crippen LogP contribution >= 0.6 is 0 Å². The van der Waals surface area contributed by atoms with Gasteiger partial charge in [0, 0.05) is 12.1 Å². The highest BCUT2D eigenvalue weighted by molar-refractivity contribution is 6.02. The maximum Gasteiger partial charge on any atom is 0.162 e. The van der Waals surface area contributed by atoms with Gasteiger partial charge in [-0.15, -0.1) is 0 Å². The molecule has 0 aromatic heterocycles. The van der Waals surface area contributed by atoms with Crippen molar-refractivity contribution in [1.29, 1.82) is 0 Å². The maximum absolute atomic E-state index is 12.9. The minimum Gasteiger partial charge on any atom is -0.497 e. The van der Waals surface area contributed by atoms with Gasteiger partial charge in [0.15, 0.2) is 5.78 Å². The number of benzene rings is 2. The van der Waals surface area contributed by atoms with Crippen LogP contribution in [-0.4, -0.2) is 19.1 Å². The molecule has 3 rings (SSSR count). The molecular formula is C25H29NO2. The van der Waals surface area contributed by atoms with Crippen LogP contribution in [0.3, 0.4) is 0 Å². The highest BCUT2D eigenvalue weighted by Gasteiger charge is 2.32. The van der Waals surface area contributed by atoms with Crippen LogP contribution < -0.4 is 4.74 Å². The third kappa shape index (κ3) is 4.78. The lowest BCUT2D eigenvalue weighted by Crippen LogP contribution is -2.30. The van der Waals surface area contributed by atoms with Crippen molar-refractivity contribution in [2.45, 2.75) is 33.6 Å². The van der Waals surface area contributed by atoms with E-state index in [4.69, 9.17) is 4.74 Å². The zero-order valence-electron chi connectivity index (χ0n) is 17.2. The van der Waals surface area contributed by atoms with E-state index in [2.05, 4.69) is 31.8 Å². The molecule has 28 heavy (non-hydrogen) atoms. The lowest BCUT2D eigenvalue weighted by Gasteiger charge is -2.30. The molecule has 0 amide bonds. The number of carbonyl (C=O) groups excluding carboxylic acids is 1. The molecule has 0 heterocycles. The SMILES string of the molecule is COc1ccc(C=Nc2ccc(/C=C3\C(=O)C(C(C)C)CCC3C)cc2)cc1. The molecule has 0 aliphatic heterocycles. The second-order valence-electron chi connectivity index (χ2n) is 7.92. The number of methoxy groups -OCH3 is 1. The Morgan fingerprint density at radius 1 is 1.00 bits per heavy atom. The zero-order chi connectivity index (χ0) is 20.1. The van der Waals surface area contributed by atoms with E-state index in [0.717, 1.165) is 41.0 Å². The molecule has 0 N–H and O–H groups in total. The van der Waals surface area contributed by atoms with Gasteiger partial charge >= 0.3 is 0 Å². The van der Waals surface area contributed by atoms with Crippen LogP contribution in [0.1, 0.15) is 44.7 Å². The first-order chi connectivity index (χ1) is 13.5. The summed E-state index contributed by atoms with van der Waals surface area (Å²) >= 11 is 0. The number of hydrogen-bond donors (Lipinski definition) is 0. The third-order valence-electron chi connectivity index (χ3n) is 5.56. The molecule has 3 heteroatoms. The summed E-state index contributed by atoms with van der Waals surface area (Å²) < 4.78 is 5.17. The Balaban J connectivity index is 1.73. The Labute approximate surface area is 168 Å². The van der Waals surface area contributed by atoms with Crippen LogP contribution in [0.2, 0.25) is 0 Å². The van der Waals surface area contributed by atoms with Crippen LogP contribution in [0, 0.1) is 17.8 Å². The molecule has 0 spiro atoms. The Morgan fingerprint density at radius 3 is 2.25 bits per heavy atom. The molecule has 146 valence electrons. The number of ketones is 1. The van der Waals surface area contributed by atoms with Crippen molar-refractivity contribution in [1.82, 2.24) is 0 Å². The molecular weight excluding hydrogens is 346 g/mol. The Hall–Kier alpha value is -2.68. The van der Waals surface area contributed by atoms with Gasteiger partial charge < -0.3 is 4.74 Å². The van der Waals surface area contributed by atoms with Crippen molar-refractivity contribution in [3.05, 3.63) is 65.2 Å². The first-order valence-corrected chi connectivity index (χ1v) is 10.0. The second kappa shape index (κ2) is 9.01. The minimum absolute atomic E-state index is 0.163. The number of Topliss-reactive ketones (excluding diaryl/α,β-unsaturated/α-hetero) is 1. The summed E-state index contributed by atoms with van der Waals surface area (Å²) in [7, 11) is 1.66. The van der Waals surface area contributed by atoms with Gasteiger partial charge in [-0.05, 0) is 83.9 Å². The summed E-state index contributed by atoms with van der Waals surface area (Å²) in [6.45, 7) is 6.45. The minimum atomic E-state index is 0.163. The standard InChI is InChI=1S/C25H29NO2/c1-17(2)23-14-5-18(3)24(25(23)27)15-19-6-10-21(11-7-19)26-16-20-8-12-22(28-4)13-9-20/h6-13,15-18,23H,5,14H2,1-4H3/b24-15-,26-16?. The highest BCUT2D eigenvalue weighted by Crippen LogP contribution is 2.35. The molecule has 2 atom stereocenters. The van der Waals surface area contributed by atoms with Crippen LogP contribution in [0.5, 0.6) is 5.75 Å². The van der Waals surface area contributed by atoms with Crippen molar-refractivity contribution in [3.8, 4) is 5.75 Å². The van der Waals surface area contributed by atoms with Gasteiger partial charge in [0.1, 0.15) is 5.75 Å². The molecule has 1 saturated carbocycles. The van der Waals surface area contributed by atoms with Gasteiger partial charge in [0.2, 0.25) is 0 Å². The van der Waals surface area contributed by atoms with Crippen molar-refractivity contribution in [2.75, 3.05) is 7.11 Å². The second-order valence-corrected chi connectivity index (χ2v) is 7.92. The quantitative estimate of drug-likeness (QED) is 0.468. The van der Waals surface area contributed by atoms with Gasteiger partial charge in [-0.2, -0.15) is 0 Å². The summed E-state index contributed by atoms with van der Waals surface area (Å²) in [6.07, 6.45) is 6.00.